The maximum absolute atomic E-state index is 9.54. The van der Waals surface area contributed by atoms with E-state index in [4.69, 9.17) is 10.5 Å². The van der Waals surface area contributed by atoms with Crippen molar-refractivity contribution in [3.8, 4) is 35.0 Å². The Hall–Kier alpha value is -5.15. The van der Waals surface area contributed by atoms with E-state index in [9.17, 15) is 10.5 Å². The lowest BCUT2D eigenvalue weighted by molar-refractivity contribution is 0.400. The molecule has 0 saturated carbocycles. The maximum atomic E-state index is 9.54. The van der Waals surface area contributed by atoms with E-state index in [0.29, 0.717) is 17.2 Å². The number of nitrogens with zero attached hydrogens (tertiary/aromatic N) is 7. The van der Waals surface area contributed by atoms with Crippen molar-refractivity contribution in [2.75, 3.05) is 12.8 Å². The van der Waals surface area contributed by atoms with Gasteiger partial charge in [-0.05, 0) is 55.3 Å². The molecule has 0 saturated heterocycles. The predicted molar refractivity (Wildman–Crippen MR) is 142 cm³/mol. The molecule has 0 radical (unpaired) electrons. The second kappa shape index (κ2) is 8.81. The molecule has 0 aliphatic carbocycles. The fraction of sp³-hybridized carbons (Fsp3) is 0.179. The molecule has 9 heteroatoms. The van der Waals surface area contributed by atoms with Gasteiger partial charge in [0.05, 0.1) is 47.0 Å². The number of pyridine rings is 2. The standard InChI is InChI=1S/C28H24N8O/c1-28(2,15-29)19-6-8-20(9-7-19)36-25-21-11-17(18-12-22(31)26(37-4)33-13-18)5-10-23(21)32-14-24(25)35(3)27(36)34-16-30/h5-14H,31H2,1-4H3/b34-27-. The zero-order valence-corrected chi connectivity index (χ0v) is 20.9. The highest BCUT2D eigenvalue weighted by molar-refractivity contribution is 6.04. The van der Waals surface area contributed by atoms with Gasteiger partial charge >= 0.3 is 0 Å². The van der Waals surface area contributed by atoms with Crippen LogP contribution >= 0.6 is 0 Å². The van der Waals surface area contributed by atoms with Gasteiger partial charge in [-0.15, -0.1) is 4.99 Å². The summed E-state index contributed by atoms with van der Waals surface area (Å²) in [5.74, 6) is 0.375. The zero-order chi connectivity index (χ0) is 26.3. The van der Waals surface area contributed by atoms with E-state index in [-0.39, 0.29) is 0 Å². The third-order valence-electron chi connectivity index (χ3n) is 6.59. The van der Waals surface area contributed by atoms with Gasteiger partial charge in [0.15, 0.2) is 0 Å². The second-order valence-corrected chi connectivity index (χ2v) is 9.24. The van der Waals surface area contributed by atoms with Gasteiger partial charge in [-0.3, -0.25) is 9.55 Å². The molecule has 0 spiro atoms. The van der Waals surface area contributed by atoms with Crippen LogP contribution in [0.25, 0.3) is 38.8 Å². The maximum Gasteiger partial charge on any atom is 0.236 e. The molecule has 5 aromatic rings. The van der Waals surface area contributed by atoms with Gasteiger partial charge in [-0.25, -0.2) is 4.98 Å². The van der Waals surface area contributed by atoms with Crippen LogP contribution in [0.15, 0.2) is 65.9 Å². The number of anilines is 1. The smallest absolute Gasteiger partial charge is 0.236 e. The predicted octanol–water partition coefficient (Wildman–Crippen LogP) is 4.35. The molecule has 0 bridgehead atoms. The molecular formula is C28H24N8O. The summed E-state index contributed by atoms with van der Waals surface area (Å²) < 4.78 is 8.98. The van der Waals surface area contributed by atoms with Crippen LogP contribution in [0.5, 0.6) is 5.88 Å². The second-order valence-electron chi connectivity index (χ2n) is 9.24. The van der Waals surface area contributed by atoms with Crippen molar-refractivity contribution in [1.29, 1.82) is 10.5 Å². The minimum absolute atomic E-state index is 0.375. The van der Waals surface area contributed by atoms with Crippen molar-refractivity contribution >= 4 is 27.6 Å². The van der Waals surface area contributed by atoms with Crippen LogP contribution in [0.4, 0.5) is 5.69 Å². The number of nitrogens with two attached hydrogens (primary N) is 1. The van der Waals surface area contributed by atoms with Crippen LogP contribution in [0, 0.1) is 22.8 Å². The Bertz CT molecular complexity index is 1830. The first-order valence-corrected chi connectivity index (χ1v) is 11.5. The Balaban J connectivity index is 1.82. The quantitative estimate of drug-likeness (QED) is 0.374. The Labute approximate surface area is 213 Å². The monoisotopic (exact) mass is 488 g/mol. The first-order chi connectivity index (χ1) is 17.8. The van der Waals surface area contributed by atoms with E-state index in [2.05, 4.69) is 21.0 Å². The summed E-state index contributed by atoms with van der Waals surface area (Å²) in [6.45, 7) is 3.76. The number of nitrogen functional groups attached to an aromatic ring is 1. The summed E-state index contributed by atoms with van der Waals surface area (Å²) in [6.07, 6.45) is 5.43. The first-order valence-electron chi connectivity index (χ1n) is 11.5. The first kappa shape index (κ1) is 23.6. The molecule has 3 aromatic heterocycles. The molecule has 0 aliphatic rings. The molecule has 37 heavy (non-hydrogen) atoms. The number of ether oxygens (including phenoxy) is 1. The summed E-state index contributed by atoms with van der Waals surface area (Å²) in [6, 6.07) is 17.9. The highest BCUT2D eigenvalue weighted by Crippen LogP contribution is 2.32. The normalized spacial score (nSPS) is 12.0. The molecular weight excluding hydrogens is 464 g/mol. The highest BCUT2D eigenvalue weighted by atomic mass is 16.5. The van der Waals surface area contributed by atoms with E-state index in [1.165, 1.54) is 7.11 Å². The van der Waals surface area contributed by atoms with E-state index >= 15 is 0 Å². The Morgan fingerprint density at radius 2 is 1.76 bits per heavy atom. The number of nitriles is 2. The topological polar surface area (TPSA) is 131 Å². The van der Waals surface area contributed by atoms with Gasteiger partial charge in [0, 0.05) is 29.9 Å². The number of fused-ring (bicyclic) bond motifs is 3. The fourth-order valence-electron chi connectivity index (χ4n) is 4.49. The highest BCUT2D eigenvalue weighted by Gasteiger charge is 2.21. The lowest BCUT2D eigenvalue weighted by Crippen LogP contribution is -2.23. The molecule has 9 nitrogen and oxygen atoms in total. The lowest BCUT2D eigenvalue weighted by Gasteiger charge is -2.16. The summed E-state index contributed by atoms with van der Waals surface area (Å²) >= 11 is 0. The van der Waals surface area contributed by atoms with Gasteiger partial charge in [-0.2, -0.15) is 10.5 Å². The lowest BCUT2D eigenvalue weighted by atomic mass is 9.86. The number of hydrogen-bond donors (Lipinski definition) is 1. The zero-order valence-electron chi connectivity index (χ0n) is 20.9. The van der Waals surface area contributed by atoms with Gasteiger partial charge < -0.3 is 15.0 Å². The minimum Gasteiger partial charge on any atom is -0.480 e. The Kier molecular flexibility index (Phi) is 5.62. The third-order valence-corrected chi connectivity index (χ3v) is 6.59. The van der Waals surface area contributed by atoms with Crippen molar-refractivity contribution in [2.45, 2.75) is 19.3 Å². The van der Waals surface area contributed by atoms with Crippen LogP contribution in [0.1, 0.15) is 19.4 Å². The van der Waals surface area contributed by atoms with E-state index in [1.54, 1.807) is 12.4 Å². The Morgan fingerprint density at radius 1 is 1.00 bits per heavy atom. The number of methoxy groups -OCH3 is 1. The largest absolute Gasteiger partial charge is 0.480 e. The number of imidazole rings is 1. The number of benzene rings is 2. The van der Waals surface area contributed by atoms with Gasteiger partial charge in [0.25, 0.3) is 0 Å². The van der Waals surface area contributed by atoms with Crippen LogP contribution in [0.2, 0.25) is 0 Å². The molecule has 2 N–H and O–H groups in total. The molecule has 2 aromatic carbocycles. The van der Waals surface area contributed by atoms with Gasteiger partial charge in [0.2, 0.25) is 17.7 Å². The van der Waals surface area contributed by atoms with Gasteiger partial charge in [-0.1, -0.05) is 18.2 Å². The van der Waals surface area contributed by atoms with Crippen molar-refractivity contribution in [1.82, 2.24) is 19.1 Å². The fourth-order valence-corrected chi connectivity index (χ4v) is 4.49. The molecule has 5 rings (SSSR count). The van der Waals surface area contributed by atoms with Crippen LogP contribution in [-0.4, -0.2) is 26.2 Å². The average molecular weight is 489 g/mol. The molecule has 0 fully saturated rings. The third kappa shape index (κ3) is 3.83. The average Bonchev–Trinajstić information content (AvgIpc) is 3.20. The molecule has 182 valence electrons. The number of hydrogen-bond acceptors (Lipinski definition) is 7. The summed E-state index contributed by atoms with van der Waals surface area (Å²) in [5.41, 5.74) is 12.3. The Morgan fingerprint density at radius 3 is 2.41 bits per heavy atom. The van der Waals surface area contributed by atoms with Gasteiger partial charge in [0.1, 0.15) is 0 Å². The molecule has 3 heterocycles. The van der Waals surface area contributed by atoms with Crippen LogP contribution < -0.4 is 16.1 Å². The molecule has 0 amide bonds. The van der Waals surface area contributed by atoms with Crippen molar-refractivity contribution in [3.63, 3.8) is 0 Å². The van der Waals surface area contributed by atoms with E-state index in [0.717, 1.165) is 44.3 Å². The number of aromatic nitrogens is 4. The van der Waals surface area contributed by atoms with Crippen LogP contribution in [0.3, 0.4) is 0 Å². The van der Waals surface area contributed by atoms with Crippen molar-refractivity contribution in [2.24, 2.45) is 12.0 Å². The van der Waals surface area contributed by atoms with E-state index in [1.807, 2.05) is 84.8 Å². The molecule has 0 unspecified atom stereocenters. The summed E-state index contributed by atoms with van der Waals surface area (Å²) in [7, 11) is 3.39. The summed E-state index contributed by atoms with van der Waals surface area (Å²) in [4.78, 5) is 13.1. The molecule has 0 atom stereocenters. The van der Waals surface area contributed by atoms with Crippen molar-refractivity contribution < 1.29 is 4.74 Å². The van der Waals surface area contributed by atoms with Crippen LogP contribution in [-0.2, 0) is 12.5 Å². The molecule has 0 aliphatic heterocycles. The summed E-state index contributed by atoms with van der Waals surface area (Å²) in [5, 5.41) is 19.9. The SMILES string of the molecule is COc1ncc(-c2ccc3ncc4c(c3c2)n(-c2ccc(C(C)(C)C#N)cc2)/c(=N\C#N)n4C)cc1N. The number of rotatable bonds is 4. The number of aryl methyl sites for hydroxylation is 1. The van der Waals surface area contributed by atoms with E-state index < -0.39 is 5.41 Å². The minimum atomic E-state index is -0.623. The van der Waals surface area contributed by atoms with Crippen molar-refractivity contribution in [3.05, 3.63) is 72.1 Å².